The Labute approximate surface area is 123 Å². The van der Waals surface area contributed by atoms with Crippen LogP contribution < -0.4 is 5.48 Å². The molecule has 0 radical (unpaired) electrons. The number of hydrogen-bond acceptors (Lipinski definition) is 4. The smallest absolute Gasteiger partial charge is 0.178 e. The van der Waals surface area contributed by atoms with Gasteiger partial charge in [0.25, 0.3) is 0 Å². The number of aliphatic imine (C=N–C) groups is 1. The summed E-state index contributed by atoms with van der Waals surface area (Å²) in [4.78, 5) is 15.2. The van der Waals surface area contributed by atoms with Gasteiger partial charge in [0.05, 0.1) is 22.6 Å². The van der Waals surface area contributed by atoms with E-state index in [2.05, 4.69) is 19.9 Å². The number of aromatic nitrogens is 3. The number of imidazole rings is 1. The van der Waals surface area contributed by atoms with Crippen molar-refractivity contribution >= 4 is 34.3 Å². The second-order valence-electron chi connectivity index (χ2n) is 4.13. The highest BCUT2D eigenvalue weighted by Crippen LogP contribution is 2.23. The van der Waals surface area contributed by atoms with Crippen molar-refractivity contribution in [1.82, 2.24) is 20.4 Å². The molecule has 21 heavy (non-hydrogen) atoms. The summed E-state index contributed by atoms with van der Waals surface area (Å²) in [5.41, 5.74) is 4.09. The Bertz CT molecular complexity index is 832. The molecule has 0 aliphatic rings. The van der Waals surface area contributed by atoms with Crippen molar-refractivity contribution in [3.63, 3.8) is 0 Å². The van der Waals surface area contributed by atoms with Gasteiger partial charge in [-0.05, 0) is 24.3 Å². The summed E-state index contributed by atoms with van der Waals surface area (Å²) >= 11 is 5.71. The molecule has 0 fully saturated rings. The maximum atomic E-state index is 13.1. The molecule has 3 N–H and O–H groups in total. The van der Waals surface area contributed by atoms with Crippen LogP contribution in [0.1, 0.15) is 5.56 Å². The lowest BCUT2D eigenvalue weighted by Crippen LogP contribution is -2.20. The number of benzene rings is 1. The summed E-state index contributed by atoms with van der Waals surface area (Å²) in [5.74, 6) is -0.372. The van der Waals surface area contributed by atoms with Crippen LogP contribution in [-0.4, -0.2) is 26.0 Å². The Morgan fingerprint density at radius 3 is 2.95 bits per heavy atom. The number of amidine groups is 1. The minimum Gasteiger partial charge on any atom is -0.343 e. The fourth-order valence-electron chi connectivity index (χ4n) is 1.88. The van der Waals surface area contributed by atoms with Crippen molar-refractivity contribution < 1.29 is 9.60 Å². The van der Waals surface area contributed by atoms with Crippen LogP contribution in [-0.2, 0) is 0 Å². The van der Waals surface area contributed by atoms with Gasteiger partial charge in [-0.1, -0.05) is 11.6 Å². The largest absolute Gasteiger partial charge is 0.343 e. The minimum atomic E-state index is -0.533. The molecule has 106 valence electrons. The molecule has 1 aromatic carbocycles. The topological polar surface area (TPSA) is 86.2 Å². The minimum absolute atomic E-state index is 0.0463. The fourth-order valence-corrected chi connectivity index (χ4v) is 2.05. The van der Waals surface area contributed by atoms with Gasteiger partial charge in [0.1, 0.15) is 5.82 Å². The van der Waals surface area contributed by atoms with E-state index in [4.69, 9.17) is 11.6 Å². The van der Waals surface area contributed by atoms with Crippen molar-refractivity contribution in [2.24, 2.45) is 4.99 Å². The molecule has 3 rings (SSSR count). The van der Waals surface area contributed by atoms with Gasteiger partial charge in [-0.25, -0.2) is 19.4 Å². The van der Waals surface area contributed by atoms with E-state index in [1.54, 1.807) is 12.3 Å². The van der Waals surface area contributed by atoms with Crippen LogP contribution in [0.25, 0.3) is 11.2 Å². The van der Waals surface area contributed by atoms with E-state index in [-0.39, 0.29) is 10.9 Å². The second-order valence-corrected chi connectivity index (χ2v) is 4.54. The average Bonchev–Trinajstić information content (AvgIpc) is 2.97. The number of hydrogen-bond donors (Lipinski definition) is 3. The standard InChI is InChI=1S/C13H9ClFN5O/c14-9-5-7(1-2-10(9)15)19-12(20-21)8-3-4-16-13-11(8)17-6-18-13/h1-6,21H,(H,19,20)(H,16,17,18). The predicted octanol–water partition coefficient (Wildman–Crippen LogP) is 2.81. The Hall–Kier alpha value is -2.51. The van der Waals surface area contributed by atoms with E-state index in [0.717, 1.165) is 0 Å². The second kappa shape index (κ2) is 5.47. The molecule has 3 aromatic rings. The summed E-state index contributed by atoms with van der Waals surface area (Å²) in [7, 11) is 0. The van der Waals surface area contributed by atoms with Gasteiger partial charge in [0.15, 0.2) is 11.5 Å². The number of rotatable bonds is 2. The summed E-state index contributed by atoms with van der Waals surface area (Å²) in [6.07, 6.45) is 3.04. The summed E-state index contributed by atoms with van der Waals surface area (Å²) in [6.45, 7) is 0. The lowest BCUT2D eigenvalue weighted by Gasteiger charge is -2.06. The van der Waals surface area contributed by atoms with Gasteiger partial charge < -0.3 is 4.98 Å². The number of nitrogens with zero attached hydrogens (tertiary/aromatic N) is 3. The third kappa shape index (κ3) is 2.56. The van der Waals surface area contributed by atoms with Crippen molar-refractivity contribution in [3.8, 4) is 0 Å². The Morgan fingerprint density at radius 2 is 2.19 bits per heavy atom. The number of aromatic amines is 1. The molecule has 0 unspecified atom stereocenters. The Balaban J connectivity index is 2.11. The first-order valence-electron chi connectivity index (χ1n) is 5.91. The van der Waals surface area contributed by atoms with Crippen LogP contribution >= 0.6 is 11.6 Å². The zero-order chi connectivity index (χ0) is 14.8. The maximum absolute atomic E-state index is 13.1. The molecular weight excluding hydrogens is 297 g/mol. The highest BCUT2D eigenvalue weighted by Gasteiger charge is 2.10. The quantitative estimate of drug-likeness (QED) is 0.386. The molecule has 6 nitrogen and oxygen atoms in total. The van der Waals surface area contributed by atoms with Crippen molar-refractivity contribution in [1.29, 1.82) is 0 Å². The number of fused-ring (bicyclic) bond motifs is 1. The van der Waals surface area contributed by atoms with E-state index in [1.165, 1.54) is 24.5 Å². The normalized spacial score (nSPS) is 11.9. The molecule has 0 spiro atoms. The van der Waals surface area contributed by atoms with E-state index in [0.29, 0.717) is 22.4 Å². The van der Waals surface area contributed by atoms with E-state index in [9.17, 15) is 9.60 Å². The maximum Gasteiger partial charge on any atom is 0.178 e. The molecule has 0 amide bonds. The number of H-pyrrole nitrogens is 1. The van der Waals surface area contributed by atoms with Crippen molar-refractivity contribution in [3.05, 3.63) is 53.2 Å². The number of pyridine rings is 1. The molecular formula is C13H9ClFN5O. The fraction of sp³-hybridized carbons (Fsp3) is 0. The Morgan fingerprint density at radius 1 is 1.33 bits per heavy atom. The van der Waals surface area contributed by atoms with Crippen molar-refractivity contribution in [2.45, 2.75) is 0 Å². The number of halogens is 2. The van der Waals surface area contributed by atoms with Crippen LogP contribution in [0, 0.1) is 5.82 Å². The van der Waals surface area contributed by atoms with Gasteiger partial charge in [-0.3, -0.25) is 10.7 Å². The average molecular weight is 306 g/mol. The highest BCUT2D eigenvalue weighted by molar-refractivity contribution is 6.31. The van der Waals surface area contributed by atoms with Crippen LogP contribution in [0.2, 0.25) is 5.02 Å². The SMILES string of the molecule is ONC(=Nc1ccc(F)c(Cl)c1)c1ccnc2nc[nH]c12. The monoisotopic (exact) mass is 305 g/mol. The molecule has 0 aliphatic heterocycles. The van der Waals surface area contributed by atoms with Crippen LogP contribution in [0.4, 0.5) is 10.1 Å². The molecule has 2 heterocycles. The van der Waals surface area contributed by atoms with Crippen molar-refractivity contribution in [2.75, 3.05) is 0 Å². The first-order valence-corrected chi connectivity index (χ1v) is 6.29. The molecule has 0 saturated heterocycles. The third-order valence-electron chi connectivity index (χ3n) is 2.83. The lowest BCUT2D eigenvalue weighted by atomic mass is 10.2. The summed E-state index contributed by atoms with van der Waals surface area (Å²) in [5, 5.41) is 9.27. The zero-order valence-corrected chi connectivity index (χ0v) is 11.3. The molecule has 0 aliphatic carbocycles. The first kappa shape index (κ1) is 13.5. The van der Waals surface area contributed by atoms with Gasteiger partial charge in [0, 0.05) is 11.8 Å². The first-order chi connectivity index (χ1) is 10.2. The lowest BCUT2D eigenvalue weighted by molar-refractivity contribution is 0.235. The molecule has 0 atom stereocenters. The van der Waals surface area contributed by atoms with Gasteiger partial charge in [-0.2, -0.15) is 0 Å². The van der Waals surface area contributed by atoms with Crippen LogP contribution in [0.3, 0.4) is 0 Å². The molecule has 8 heteroatoms. The highest BCUT2D eigenvalue weighted by atomic mass is 35.5. The van der Waals surface area contributed by atoms with Gasteiger partial charge in [-0.15, -0.1) is 0 Å². The molecule has 2 aromatic heterocycles. The molecule has 0 bridgehead atoms. The summed E-state index contributed by atoms with van der Waals surface area (Å²) < 4.78 is 13.1. The van der Waals surface area contributed by atoms with Crippen LogP contribution in [0.5, 0.6) is 0 Å². The van der Waals surface area contributed by atoms with Crippen LogP contribution in [0.15, 0.2) is 41.8 Å². The van der Waals surface area contributed by atoms with E-state index < -0.39 is 5.82 Å². The van der Waals surface area contributed by atoms with E-state index >= 15 is 0 Å². The van der Waals surface area contributed by atoms with Gasteiger partial charge >= 0.3 is 0 Å². The third-order valence-corrected chi connectivity index (χ3v) is 3.12. The predicted molar refractivity (Wildman–Crippen MR) is 76.4 cm³/mol. The van der Waals surface area contributed by atoms with E-state index in [1.807, 2.05) is 5.48 Å². The zero-order valence-electron chi connectivity index (χ0n) is 10.5. The van der Waals surface area contributed by atoms with Gasteiger partial charge in [0.2, 0.25) is 0 Å². The summed E-state index contributed by atoms with van der Waals surface area (Å²) in [6, 6.07) is 5.67. The number of nitrogens with one attached hydrogen (secondary N) is 2. The number of hydroxylamine groups is 1. The molecule has 0 saturated carbocycles. The Kier molecular flexibility index (Phi) is 3.51.